The van der Waals surface area contributed by atoms with Gasteiger partial charge in [0.05, 0.1) is 41.2 Å². The second-order valence-corrected chi connectivity index (χ2v) is 8.46. The van der Waals surface area contributed by atoms with Crippen molar-refractivity contribution < 1.29 is 34.4 Å². The van der Waals surface area contributed by atoms with Gasteiger partial charge in [0.2, 0.25) is 10.7 Å². The van der Waals surface area contributed by atoms with Gasteiger partial charge in [0, 0.05) is 11.5 Å². The van der Waals surface area contributed by atoms with Gasteiger partial charge in [0.1, 0.15) is 25.5 Å². The van der Waals surface area contributed by atoms with Crippen molar-refractivity contribution >= 4 is 28.0 Å². The number of carbonyl (C=O) groups is 2. The van der Waals surface area contributed by atoms with E-state index in [1.54, 1.807) is 21.4 Å². The zero-order valence-electron chi connectivity index (χ0n) is 15.4. The summed E-state index contributed by atoms with van der Waals surface area (Å²) in [6.45, 7) is 3.17. The first kappa shape index (κ1) is 19.1. The van der Waals surface area contributed by atoms with Gasteiger partial charge >= 0.3 is 0 Å². The molecule has 150 valence electrons. The number of carboxylic acids is 1. The summed E-state index contributed by atoms with van der Waals surface area (Å²) in [5, 5.41) is 40.9. The van der Waals surface area contributed by atoms with Gasteiger partial charge in [0.25, 0.3) is 5.82 Å². The van der Waals surface area contributed by atoms with Crippen molar-refractivity contribution in [1.82, 2.24) is 9.47 Å². The average Bonchev–Trinajstić information content (AvgIpc) is 3.23. The number of hydrogen-bond acceptors (Lipinski definition) is 7. The molecule has 1 fully saturated rings. The number of rotatable bonds is 6. The van der Waals surface area contributed by atoms with Gasteiger partial charge in [-0.25, -0.2) is 4.57 Å². The molecule has 0 unspecified atom stereocenters. The van der Waals surface area contributed by atoms with Crippen molar-refractivity contribution in [2.75, 3.05) is 0 Å². The van der Waals surface area contributed by atoms with E-state index in [1.807, 2.05) is 6.92 Å². The number of β-lactam (4-membered cyclic amide) rings is 1. The molecule has 1 amide bonds. The van der Waals surface area contributed by atoms with Gasteiger partial charge < -0.3 is 30.1 Å². The summed E-state index contributed by atoms with van der Waals surface area (Å²) in [6, 6.07) is -0.404. The minimum absolute atomic E-state index is 0.103. The number of nitrogens with zero attached hydrogens (tertiary/aromatic N) is 3. The number of thiazole rings is 1. The van der Waals surface area contributed by atoms with Crippen LogP contribution in [0.4, 0.5) is 0 Å². The molecular weight excluding hydrogens is 386 g/mol. The predicted molar refractivity (Wildman–Crippen MR) is 94.3 cm³/mol. The molecule has 0 bridgehead atoms. The Balaban J connectivity index is 1.75. The van der Waals surface area contributed by atoms with Crippen molar-refractivity contribution in [2.45, 2.75) is 45.8 Å². The molecule has 4 heterocycles. The van der Waals surface area contributed by atoms with E-state index in [-0.39, 0.29) is 31.4 Å². The summed E-state index contributed by atoms with van der Waals surface area (Å²) >= 11 is 1.37. The normalized spacial score (nSPS) is 25.4. The van der Waals surface area contributed by atoms with Crippen LogP contribution in [0.25, 0.3) is 4.83 Å². The molecule has 2 aromatic rings. The van der Waals surface area contributed by atoms with E-state index in [0.717, 1.165) is 9.71 Å². The van der Waals surface area contributed by atoms with Crippen LogP contribution < -0.4 is 9.51 Å². The molecule has 0 aromatic carbocycles. The Morgan fingerprint density at radius 3 is 2.68 bits per heavy atom. The highest BCUT2D eigenvalue weighted by atomic mass is 32.1. The van der Waals surface area contributed by atoms with Crippen LogP contribution in [0, 0.1) is 11.8 Å². The van der Waals surface area contributed by atoms with Gasteiger partial charge in [-0.1, -0.05) is 18.3 Å². The molecule has 0 spiro atoms. The third-order valence-corrected chi connectivity index (χ3v) is 6.78. The molecule has 4 rings (SSSR count). The van der Waals surface area contributed by atoms with Crippen molar-refractivity contribution in [2.24, 2.45) is 11.8 Å². The zero-order chi connectivity index (χ0) is 20.3. The fraction of sp³-hybridized carbons (Fsp3) is 0.500. The quantitative estimate of drug-likeness (QED) is 0.380. The predicted octanol–water partition coefficient (Wildman–Crippen LogP) is -1.87. The number of aliphatic hydroxyl groups excluding tert-OH is 3. The van der Waals surface area contributed by atoms with E-state index in [0.29, 0.717) is 11.4 Å². The van der Waals surface area contributed by atoms with Crippen molar-refractivity contribution in [3.63, 3.8) is 0 Å². The average molecular weight is 407 g/mol. The van der Waals surface area contributed by atoms with E-state index < -0.39 is 29.9 Å². The van der Waals surface area contributed by atoms with Crippen molar-refractivity contribution in [3.8, 4) is 0 Å². The molecule has 2 aliphatic rings. The first-order chi connectivity index (χ1) is 13.3. The number of fused-ring (bicyclic) bond motifs is 2. The molecule has 1 saturated heterocycles. The number of amides is 1. The largest absolute Gasteiger partial charge is 0.543 e. The summed E-state index contributed by atoms with van der Waals surface area (Å²) in [7, 11) is 0. The van der Waals surface area contributed by atoms with Crippen LogP contribution in [0.2, 0.25) is 0 Å². The van der Waals surface area contributed by atoms with E-state index in [4.69, 9.17) is 0 Å². The van der Waals surface area contributed by atoms with Gasteiger partial charge in [-0.3, -0.25) is 4.79 Å². The summed E-state index contributed by atoms with van der Waals surface area (Å²) in [6.07, 6.45) is 2.65. The number of aliphatic hydroxyl groups is 3. The van der Waals surface area contributed by atoms with Crippen LogP contribution in [0.5, 0.6) is 0 Å². The molecule has 0 saturated carbocycles. The van der Waals surface area contributed by atoms with E-state index >= 15 is 0 Å². The number of aliphatic carboxylic acids is 1. The van der Waals surface area contributed by atoms with Crippen LogP contribution in [-0.4, -0.2) is 48.8 Å². The molecule has 3 N–H and O–H groups in total. The van der Waals surface area contributed by atoms with Crippen LogP contribution in [0.15, 0.2) is 23.7 Å². The first-order valence-electron chi connectivity index (χ1n) is 8.99. The first-order valence-corrected chi connectivity index (χ1v) is 9.81. The van der Waals surface area contributed by atoms with E-state index in [2.05, 4.69) is 0 Å². The maximum absolute atomic E-state index is 12.4. The standard InChI is InChI=1S/C18H21N3O6S/c1-8-11(16(18(26)27)21-15(8)14(9(2)24)17(21)25)4-19-5-13-20(12(19)7-23)3-10(6-22)28-13/h3,5,8-9,14-15,22-24H,4,6-7H2,1-2H3/t8-,9+,14+,15+/m0/s1. The van der Waals surface area contributed by atoms with Gasteiger partial charge in [0.15, 0.2) is 0 Å². The lowest BCUT2D eigenvalue weighted by Crippen LogP contribution is -2.64. The third-order valence-electron chi connectivity index (χ3n) is 5.77. The second kappa shape index (κ2) is 6.66. The van der Waals surface area contributed by atoms with Crippen molar-refractivity contribution in [1.29, 1.82) is 0 Å². The van der Waals surface area contributed by atoms with Gasteiger partial charge in [-0.15, -0.1) is 0 Å². The summed E-state index contributed by atoms with van der Waals surface area (Å²) < 4.78 is 3.50. The minimum atomic E-state index is -1.42. The lowest BCUT2D eigenvalue weighted by molar-refractivity contribution is -0.522. The third kappa shape index (κ3) is 2.52. The molecule has 0 radical (unpaired) electrons. The number of hydrogen-bond donors (Lipinski definition) is 3. The van der Waals surface area contributed by atoms with Crippen LogP contribution in [0.1, 0.15) is 24.5 Å². The van der Waals surface area contributed by atoms with Crippen molar-refractivity contribution in [3.05, 3.63) is 34.4 Å². The molecule has 10 heteroatoms. The number of imidazole rings is 1. The Kier molecular flexibility index (Phi) is 4.53. The molecule has 2 aliphatic heterocycles. The lowest BCUT2D eigenvalue weighted by atomic mass is 9.78. The summed E-state index contributed by atoms with van der Waals surface area (Å²) in [5.74, 6) is -2.18. The smallest absolute Gasteiger partial charge is 0.288 e. The summed E-state index contributed by atoms with van der Waals surface area (Å²) in [4.78, 5) is 27.0. The SMILES string of the molecule is C[C@@H](O)[C@H]1C(=O)N2C(C(=O)[O-])=C(Cn3cc4sc(CO)c[n+]4c3CO)[C@H](C)[C@H]12. The topological polar surface area (TPSA) is 130 Å². The number of carboxylic acid groups (broad SMARTS) is 1. The zero-order valence-corrected chi connectivity index (χ0v) is 16.2. The molecule has 28 heavy (non-hydrogen) atoms. The highest BCUT2D eigenvalue weighted by Crippen LogP contribution is 2.47. The fourth-order valence-corrected chi connectivity index (χ4v) is 5.38. The Morgan fingerprint density at radius 2 is 2.11 bits per heavy atom. The maximum atomic E-state index is 12.4. The Bertz CT molecular complexity index is 1010. The fourth-order valence-electron chi connectivity index (χ4n) is 4.46. The monoisotopic (exact) mass is 407 g/mol. The number of carbonyl (C=O) groups excluding carboxylic acids is 2. The maximum Gasteiger partial charge on any atom is 0.288 e. The second-order valence-electron chi connectivity index (χ2n) is 7.31. The highest BCUT2D eigenvalue weighted by molar-refractivity contribution is 7.16. The lowest BCUT2D eigenvalue weighted by Gasteiger charge is -2.47. The van der Waals surface area contributed by atoms with E-state index in [9.17, 15) is 30.0 Å². The highest BCUT2D eigenvalue weighted by Gasteiger charge is 2.58. The Hall–Kier alpha value is -2.27. The minimum Gasteiger partial charge on any atom is -0.543 e. The molecule has 4 atom stereocenters. The van der Waals surface area contributed by atoms with Crippen LogP contribution in [-0.2, 0) is 29.3 Å². The van der Waals surface area contributed by atoms with Gasteiger partial charge in [-0.2, -0.15) is 4.40 Å². The molecule has 0 aliphatic carbocycles. The molecule has 9 nitrogen and oxygen atoms in total. The van der Waals surface area contributed by atoms with Crippen LogP contribution in [0.3, 0.4) is 0 Å². The van der Waals surface area contributed by atoms with Gasteiger partial charge in [-0.05, 0) is 6.92 Å². The van der Waals surface area contributed by atoms with E-state index in [1.165, 1.54) is 23.2 Å². The molecular formula is C18H21N3O6S. The Labute approximate surface area is 164 Å². The molecule has 2 aromatic heterocycles. The van der Waals surface area contributed by atoms with Crippen LogP contribution >= 0.6 is 11.3 Å². The Morgan fingerprint density at radius 1 is 1.39 bits per heavy atom. The summed E-state index contributed by atoms with van der Waals surface area (Å²) in [5.41, 5.74) is 0.392. The number of aromatic nitrogens is 2.